The number of rotatable bonds is 2. The Bertz CT molecular complexity index is 473. The van der Waals surface area contributed by atoms with Crippen molar-refractivity contribution in [1.82, 2.24) is 4.98 Å². The molecule has 1 aromatic heterocycles. The summed E-state index contributed by atoms with van der Waals surface area (Å²) >= 11 is 0. The molecule has 1 saturated heterocycles. The quantitative estimate of drug-likeness (QED) is 0.898. The fourth-order valence-electron chi connectivity index (χ4n) is 2.22. The number of alkyl halides is 3. The number of aliphatic carboxylic acids is 1. The molecule has 1 fully saturated rings. The van der Waals surface area contributed by atoms with Crippen LogP contribution in [0.3, 0.4) is 0 Å². The van der Waals surface area contributed by atoms with Gasteiger partial charge >= 0.3 is 12.1 Å². The Morgan fingerprint density at radius 3 is 2.53 bits per heavy atom. The number of carboxylic acid groups (broad SMARTS) is 1. The third kappa shape index (κ3) is 2.80. The average molecular weight is 274 g/mol. The molecule has 0 saturated carbocycles. The van der Waals surface area contributed by atoms with Crippen LogP contribution in [0.5, 0.6) is 0 Å². The molecule has 2 atom stereocenters. The molecular formula is C12H13F3N2O2. The monoisotopic (exact) mass is 274 g/mol. The predicted octanol–water partition coefficient (Wildman–Crippen LogP) is 2.26. The van der Waals surface area contributed by atoms with Crippen molar-refractivity contribution in [3.8, 4) is 0 Å². The van der Waals surface area contributed by atoms with E-state index in [-0.39, 0.29) is 12.5 Å². The molecule has 0 aliphatic carbocycles. The highest BCUT2D eigenvalue weighted by atomic mass is 19.4. The van der Waals surface area contributed by atoms with E-state index in [9.17, 15) is 18.0 Å². The van der Waals surface area contributed by atoms with E-state index < -0.39 is 23.6 Å². The van der Waals surface area contributed by atoms with Gasteiger partial charge in [-0.3, -0.25) is 4.79 Å². The third-order valence-electron chi connectivity index (χ3n) is 3.33. The standard InChI is InChI=1S/C12H13F3N2O2/c1-7-5-17(6-9(7)11(18)19)10-3-2-8(4-16-10)12(13,14)15/h2-4,7,9H,5-6H2,1H3,(H,18,19)/t7-,9-/m1/s1. The Labute approximate surface area is 107 Å². The highest BCUT2D eigenvalue weighted by Gasteiger charge is 2.36. The SMILES string of the molecule is C[C@@H]1CN(c2ccc(C(F)(F)F)cn2)C[C@H]1C(=O)O. The van der Waals surface area contributed by atoms with E-state index >= 15 is 0 Å². The lowest BCUT2D eigenvalue weighted by Gasteiger charge is -2.17. The Hall–Kier alpha value is -1.79. The summed E-state index contributed by atoms with van der Waals surface area (Å²) in [5.41, 5.74) is -0.807. The smallest absolute Gasteiger partial charge is 0.417 e. The first-order valence-electron chi connectivity index (χ1n) is 5.80. The van der Waals surface area contributed by atoms with E-state index in [4.69, 9.17) is 5.11 Å². The van der Waals surface area contributed by atoms with Crippen LogP contribution in [-0.2, 0) is 11.0 Å². The Morgan fingerprint density at radius 1 is 1.42 bits per heavy atom. The molecule has 1 aromatic rings. The van der Waals surface area contributed by atoms with Crippen LogP contribution in [0, 0.1) is 11.8 Å². The van der Waals surface area contributed by atoms with Crippen LogP contribution in [0.15, 0.2) is 18.3 Å². The lowest BCUT2D eigenvalue weighted by Crippen LogP contribution is -2.23. The van der Waals surface area contributed by atoms with Crippen molar-refractivity contribution in [2.45, 2.75) is 13.1 Å². The molecule has 1 aliphatic rings. The summed E-state index contributed by atoms with van der Waals surface area (Å²) in [4.78, 5) is 16.4. The van der Waals surface area contributed by atoms with E-state index in [2.05, 4.69) is 4.98 Å². The Balaban J connectivity index is 2.14. The van der Waals surface area contributed by atoms with Crippen molar-refractivity contribution in [1.29, 1.82) is 0 Å². The summed E-state index contributed by atoms with van der Waals surface area (Å²) < 4.78 is 37.2. The molecule has 0 amide bonds. The van der Waals surface area contributed by atoms with Crippen LogP contribution in [-0.4, -0.2) is 29.1 Å². The van der Waals surface area contributed by atoms with Gasteiger partial charge in [0, 0.05) is 19.3 Å². The molecule has 4 nitrogen and oxygen atoms in total. The topological polar surface area (TPSA) is 53.4 Å². The van der Waals surface area contributed by atoms with Crippen LogP contribution in [0.2, 0.25) is 0 Å². The van der Waals surface area contributed by atoms with Crippen LogP contribution in [0.4, 0.5) is 19.0 Å². The molecule has 1 aliphatic heterocycles. The van der Waals surface area contributed by atoms with Crippen molar-refractivity contribution >= 4 is 11.8 Å². The summed E-state index contributed by atoms with van der Waals surface area (Å²) in [6.07, 6.45) is -3.64. The normalized spacial score (nSPS) is 23.7. The van der Waals surface area contributed by atoms with Crippen molar-refractivity contribution in [3.05, 3.63) is 23.9 Å². The molecule has 2 heterocycles. The third-order valence-corrected chi connectivity index (χ3v) is 3.33. The van der Waals surface area contributed by atoms with Crippen LogP contribution < -0.4 is 4.90 Å². The molecule has 1 N–H and O–H groups in total. The van der Waals surface area contributed by atoms with Gasteiger partial charge in [0.15, 0.2) is 0 Å². The molecule has 0 aromatic carbocycles. The summed E-state index contributed by atoms with van der Waals surface area (Å²) in [7, 11) is 0. The number of anilines is 1. The highest BCUT2D eigenvalue weighted by Crippen LogP contribution is 2.31. The molecule has 0 unspecified atom stereocenters. The first kappa shape index (κ1) is 13.6. The number of hydrogen-bond donors (Lipinski definition) is 1. The molecule has 104 valence electrons. The lowest BCUT2D eigenvalue weighted by molar-refractivity contribution is -0.142. The minimum absolute atomic E-state index is 0.0541. The number of aromatic nitrogens is 1. The summed E-state index contributed by atoms with van der Waals surface area (Å²) in [6, 6.07) is 2.24. The van der Waals surface area contributed by atoms with Gasteiger partial charge in [-0.25, -0.2) is 4.98 Å². The highest BCUT2D eigenvalue weighted by molar-refractivity contribution is 5.72. The minimum atomic E-state index is -4.41. The number of halogens is 3. The Morgan fingerprint density at radius 2 is 2.11 bits per heavy atom. The fraction of sp³-hybridized carbons (Fsp3) is 0.500. The van der Waals surface area contributed by atoms with Gasteiger partial charge in [-0.1, -0.05) is 6.92 Å². The summed E-state index contributed by atoms with van der Waals surface area (Å²) in [5, 5.41) is 9.00. The van der Waals surface area contributed by atoms with E-state index in [1.165, 1.54) is 6.07 Å². The molecule has 7 heteroatoms. The first-order chi connectivity index (χ1) is 8.79. The number of pyridine rings is 1. The van der Waals surface area contributed by atoms with Crippen molar-refractivity contribution < 1.29 is 23.1 Å². The van der Waals surface area contributed by atoms with Crippen molar-refractivity contribution in [3.63, 3.8) is 0 Å². The van der Waals surface area contributed by atoms with E-state index in [1.54, 1.807) is 4.90 Å². The first-order valence-corrected chi connectivity index (χ1v) is 5.80. The molecule has 0 radical (unpaired) electrons. The molecule has 0 spiro atoms. The van der Waals surface area contributed by atoms with Gasteiger partial charge in [-0.05, 0) is 18.1 Å². The summed E-state index contributed by atoms with van der Waals surface area (Å²) in [6.45, 7) is 2.56. The number of carbonyl (C=O) groups is 1. The summed E-state index contributed by atoms with van der Waals surface area (Å²) in [5.74, 6) is -1.07. The van der Waals surface area contributed by atoms with Gasteiger partial charge in [0.2, 0.25) is 0 Å². The maximum Gasteiger partial charge on any atom is 0.417 e. The second-order valence-corrected chi connectivity index (χ2v) is 4.73. The predicted molar refractivity (Wildman–Crippen MR) is 61.7 cm³/mol. The van der Waals surface area contributed by atoms with Crippen molar-refractivity contribution in [2.24, 2.45) is 11.8 Å². The van der Waals surface area contributed by atoms with Crippen LogP contribution in [0.1, 0.15) is 12.5 Å². The van der Waals surface area contributed by atoms with Crippen LogP contribution in [0.25, 0.3) is 0 Å². The fourth-order valence-corrected chi connectivity index (χ4v) is 2.22. The second kappa shape index (κ2) is 4.71. The molecular weight excluding hydrogens is 261 g/mol. The number of hydrogen-bond acceptors (Lipinski definition) is 3. The van der Waals surface area contributed by atoms with Gasteiger partial charge in [0.25, 0.3) is 0 Å². The minimum Gasteiger partial charge on any atom is -0.481 e. The van der Waals surface area contributed by atoms with Gasteiger partial charge in [0.1, 0.15) is 5.82 Å². The zero-order valence-corrected chi connectivity index (χ0v) is 10.2. The molecule has 19 heavy (non-hydrogen) atoms. The van der Waals surface area contributed by atoms with Gasteiger partial charge in [-0.2, -0.15) is 13.2 Å². The average Bonchev–Trinajstić information content (AvgIpc) is 2.70. The lowest BCUT2D eigenvalue weighted by atomic mass is 9.99. The molecule has 2 rings (SSSR count). The number of carboxylic acids is 1. The van der Waals surface area contributed by atoms with E-state index in [0.717, 1.165) is 12.3 Å². The van der Waals surface area contributed by atoms with Gasteiger partial charge in [-0.15, -0.1) is 0 Å². The van der Waals surface area contributed by atoms with Crippen molar-refractivity contribution in [2.75, 3.05) is 18.0 Å². The zero-order valence-electron chi connectivity index (χ0n) is 10.2. The largest absolute Gasteiger partial charge is 0.481 e. The zero-order chi connectivity index (χ0) is 14.2. The maximum atomic E-state index is 12.4. The van der Waals surface area contributed by atoms with E-state index in [1.807, 2.05) is 6.92 Å². The molecule has 0 bridgehead atoms. The van der Waals surface area contributed by atoms with Gasteiger partial charge < -0.3 is 10.0 Å². The second-order valence-electron chi connectivity index (χ2n) is 4.73. The number of nitrogens with zero attached hydrogens (tertiary/aromatic N) is 2. The van der Waals surface area contributed by atoms with Crippen LogP contribution >= 0.6 is 0 Å². The van der Waals surface area contributed by atoms with E-state index in [0.29, 0.717) is 12.4 Å². The Kier molecular flexibility index (Phi) is 3.38. The maximum absolute atomic E-state index is 12.4. The van der Waals surface area contributed by atoms with Gasteiger partial charge in [0.05, 0.1) is 11.5 Å².